The van der Waals surface area contributed by atoms with Gasteiger partial charge in [0.15, 0.2) is 0 Å². The molecular weight excluding hydrogens is 252 g/mol. The zero-order valence-electron chi connectivity index (χ0n) is 12.0. The highest BCUT2D eigenvalue weighted by Gasteiger charge is 2.16. The Balaban J connectivity index is 2.41. The van der Waals surface area contributed by atoms with Crippen LogP contribution in [0.25, 0.3) is 22.0 Å². The van der Waals surface area contributed by atoms with Crippen LogP contribution >= 0.6 is 0 Å². The predicted molar refractivity (Wildman–Crippen MR) is 77.8 cm³/mol. The van der Waals surface area contributed by atoms with Crippen LogP contribution in [0.5, 0.6) is 5.75 Å². The number of ether oxygens (including phenoxy) is 1. The van der Waals surface area contributed by atoms with Crippen LogP contribution in [-0.2, 0) is 7.05 Å². The second-order valence-corrected chi connectivity index (χ2v) is 4.77. The maximum atomic E-state index is 5.41. The summed E-state index contributed by atoms with van der Waals surface area (Å²) >= 11 is 0. The average Bonchev–Trinajstić information content (AvgIpc) is 2.81. The SMILES string of the molecule is COc1ccc(-c2c(C)ncnc2C)c2c1cnn2C. The lowest BCUT2D eigenvalue weighted by Crippen LogP contribution is -1.98. The van der Waals surface area contributed by atoms with E-state index in [9.17, 15) is 0 Å². The fourth-order valence-corrected chi connectivity index (χ4v) is 2.63. The third-order valence-corrected chi connectivity index (χ3v) is 3.58. The molecule has 0 aliphatic heterocycles. The van der Waals surface area contributed by atoms with Gasteiger partial charge in [0.1, 0.15) is 12.1 Å². The standard InChI is InChI=1S/C15H16N4O/c1-9-14(10(2)17-8-16-9)11-5-6-13(20-4)12-7-18-19(3)15(11)12/h5-8H,1-4H3. The summed E-state index contributed by atoms with van der Waals surface area (Å²) in [6, 6.07) is 4.01. The van der Waals surface area contributed by atoms with Crippen molar-refractivity contribution in [3.05, 3.63) is 36.0 Å². The van der Waals surface area contributed by atoms with Gasteiger partial charge in [-0.2, -0.15) is 5.10 Å². The molecule has 0 unspecified atom stereocenters. The number of hydrogen-bond donors (Lipinski definition) is 0. The Labute approximate surface area is 117 Å². The third kappa shape index (κ3) is 1.74. The Hall–Kier alpha value is -2.43. The fraction of sp³-hybridized carbons (Fsp3) is 0.267. The van der Waals surface area contributed by atoms with Gasteiger partial charge in [-0.05, 0) is 26.0 Å². The average molecular weight is 268 g/mol. The number of aromatic nitrogens is 4. The molecule has 3 rings (SSSR count). The molecule has 0 amide bonds. The van der Waals surface area contributed by atoms with E-state index >= 15 is 0 Å². The first-order valence-corrected chi connectivity index (χ1v) is 6.40. The Kier molecular flexibility index (Phi) is 2.89. The van der Waals surface area contributed by atoms with E-state index in [1.54, 1.807) is 13.4 Å². The molecule has 5 heteroatoms. The van der Waals surface area contributed by atoms with E-state index in [2.05, 4.69) is 15.1 Å². The largest absolute Gasteiger partial charge is 0.496 e. The molecule has 3 aromatic rings. The molecule has 2 heterocycles. The molecule has 102 valence electrons. The zero-order valence-corrected chi connectivity index (χ0v) is 12.0. The first kappa shape index (κ1) is 12.6. The van der Waals surface area contributed by atoms with Crippen LogP contribution in [0.15, 0.2) is 24.7 Å². The highest BCUT2D eigenvalue weighted by atomic mass is 16.5. The van der Waals surface area contributed by atoms with Crippen LogP contribution in [0.3, 0.4) is 0 Å². The van der Waals surface area contributed by atoms with Gasteiger partial charge in [0.25, 0.3) is 0 Å². The predicted octanol–water partition coefficient (Wildman–Crippen LogP) is 2.66. The van der Waals surface area contributed by atoms with Gasteiger partial charge in [0.05, 0.1) is 24.2 Å². The molecular formula is C15H16N4O. The van der Waals surface area contributed by atoms with Crippen LogP contribution in [0, 0.1) is 13.8 Å². The molecule has 0 saturated heterocycles. The van der Waals surface area contributed by atoms with Gasteiger partial charge in [0, 0.05) is 29.6 Å². The van der Waals surface area contributed by atoms with Gasteiger partial charge >= 0.3 is 0 Å². The zero-order chi connectivity index (χ0) is 14.3. The van der Waals surface area contributed by atoms with Crippen molar-refractivity contribution in [3.63, 3.8) is 0 Å². The van der Waals surface area contributed by atoms with E-state index in [1.807, 2.05) is 43.9 Å². The summed E-state index contributed by atoms with van der Waals surface area (Å²) in [5, 5.41) is 5.34. The number of nitrogens with zero attached hydrogens (tertiary/aromatic N) is 4. The summed E-state index contributed by atoms with van der Waals surface area (Å²) in [7, 11) is 3.60. The van der Waals surface area contributed by atoms with Gasteiger partial charge < -0.3 is 4.74 Å². The maximum Gasteiger partial charge on any atom is 0.129 e. The molecule has 0 saturated carbocycles. The number of hydrogen-bond acceptors (Lipinski definition) is 4. The second kappa shape index (κ2) is 4.59. The van der Waals surface area contributed by atoms with E-state index in [-0.39, 0.29) is 0 Å². The molecule has 0 aliphatic carbocycles. The second-order valence-electron chi connectivity index (χ2n) is 4.77. The van der Waals surface area contributed by atoms with Crippen LogP contribution < -0.4 is 4.74 Å². The molecule has 0 spiro atoms. The van der Waals surface area contributed by atoms with E-state index in [1.165, 1.54) is 0 Å². The lowest BCUT2D eigenvalue weighted by atomic mass is 10.00. The molecule has 20 heavy (non-hydrogen) atoms. The molecule has 2 aromatic heterocycles. The van der Waals surface area contributed by atoms with Gasteiger partial charge in [0.2, 0.25) is 0 Å². The number of benzene rings is 1. The molecule has 0 atom stereocenters. The molecule has 0 radical (unpaired) electrons. The van der Waals surface area contributed by atoms with Crippen LogP contribution in [0.4, 0.5) is 0 Å². The van der Waals surface area contributed by atoms with Crippen molar-refractivity contribution in [2.75, 3.05) is 7.11 Å². The summed E-state index contributed by atoms with van der Waals surface area (Å²) in [6.45, 7) is 3.99. The quantitative estimate of drug-likeness (QED) is 0.717. The van der Waals surface area contributed by atoms with Crippen LogP contribution in [-0.4, -0.2) is 26.9 Å². The summed E-state index contributed by atoms with van der Waals surface area (Å²) in [6.07, 6.45) is 3.42. The Morgan fingerprint density at radius 3 is 2.45 bits per heavy atom. The van der Waals surface area contributed by atoms with Crippen LogP contribution in [0.1, 0.15) is 11.4 Å². The first-order valence-electron chi connectivity index (χ1n) is 6.40. The number of methoxy groups -OCH3 is 1. The minimum absolute atomic E-state index is 0.823. The van der Waals surface area contributed by atoms with Gasteiger partial charge in [-0.15, -0.1) is 0 Å². The Morgan fingerprint density at radius 2 is 1.80 bits per heavy atom. The van der Waals surface area contributed by atoms with E-state index < -0.39 is 0 Å². The molecule has 0 bridgehead atoms. The number of rotatable bonds is 2. The van der Waals surface area contributed by atoms with Gasteiger partial charge in [-0.3, -0.25) is 4.68 Å². The third-order valence-electron chi connectivity index (χ3n) is 3.58. The molecule has 0 N–H and O–H groups in total. The molecule has 0 aliphatic rings. The van der Waals surface area contributed by atoms with Crippen molar-refractivity contribution < 1.29 is 4.74 Å². The smallest absolute Gasteiger partial charge is 0.129 e. The minimum Gasteiger partial charge on any atom is -0.496 e. The summed E-state index contributed by atoms with van der Waals surface area (Å²) in [5.74, 6) is 0.823. The fourth-order valence-electron chi connectivity index (χ4n) is 2.63. The summed E-state index contributed by atoms with van der Waals surface area (Å²) in [4.78, 5) is 8.62. The van der Waals surface area contributed by atoms with Crippen molar-refractivity contribution in [1.29, 1.82) is 0 Å². The highest BCUT2D eigenvalue weighted by Crippen LogP contribution is 2.35. The van der Waals surface area contributed by atoms with Crippen molar-refractivity contribution in [1.82, 2.24) is 19.7 Å². The lowest BCUT2D eigenvalue weighted by molar-refractivity contribution is 0.420. The molecule has 1 aromatic carbocycles. The number of fused-ring (bicyclic) bond motifs is 1. The summed E-state index contributed by atoms with van der Waals surface area (Å²) in [5.41, 5.74) is 5.10. The Bertz CT molecular complexity index is 772. The van der Waals surface area contributed by atoms with E-state index in [4.69, 9.17) is 4.74 Å². The van der Waals surface area contributed by atoms with Crippen LogP contribution in [0.2, 0.25) is 0 Å². The maximum absolute atomic E-state index is 5.41. The normalized spacial score (nSPS) is 11.0. The van der Waals surface area contributed by atoms with Crippen molar-refractivity contribution in [2.24, 2.45) is 7.05 Å². The molecule has 5 nitrogen and oxygen atoms in total. The minimum atomic E-state index is 0.823. The van der Waals surface area contributed by atoms with Crippen molar-refractivity contribution >= 4 is 10.9 Å². The van der Waals surface area contributed by atoms with E-state index in [0.29, 0.717) is 0 Å². The lowest BCUT2D eigenvalue weighted by Gasteiger charge is -2.12. The highest BCUT2D eigenvalue weighted by molar-refractivity contribution is 5.98. The Morgan fingerprint density at radius 1 is 1.10 bits per heavy atom. The molecule has 0 fully saturated rings. The number of aryl methyl sites for hydroxylation is 3. The summed E-state index contributed by atoms with van der Waals surface area (Å²) < 4.78 is 7.27. The van der Waals surface area contributed by atoms with Gasteiger partial charge in [-0.25, -0.2) is 9.97 Å². The first-order chi connectivity index (χ1) is 9.63. The topological polar surface area (TPSA) is 52.8 Å². The van der Waals surface area contributed by atoms with Crippen molar-refractivity contribution in [2.45, 2.75) is 13.8 Å². The van der Waals surface area contributed by atoms with Crippen molar-refractivity contribution in [3.8, 4) is 16.9 Å². The van der Waals surface area contributed by atoms with E-state index in [0.717, 1.165) is 39.2 Å². The van der Waals surface area contributed by atoms with Gasteiger partial charge in [-0.1, -0.05) is 0 Å². The monoisotopic (exact) mass is 268 g/mol.